The topological polar surface area (TPSA) is 63.5 Å². The van der Waals surface area contributed by atoms with Crippen molar-refractivity contribution < 1.29 is 4.42 Å². The van der Waals surface area contributed by atoms with Crippen LogP contribution in [0.5, 0.6) is 0 Å². The lowest BCUT2D eigenvalue weighted by atomic mass is 10.2. The normalized spacial score (nSPS) is 11.4. The van der Waals surface area contributed by atoms with E-state index < -0.39 is 0 Å². The summed E-state index contributed by atoms with van der Waals surface area (Å²) in [4.78, 5) is 0. The summed E-state index contributed by atoms with van der Waals surface area (Å²) in [6.45, 7) is 3.76. The van der Waals surface area contributed by atoms with Crippen molar-refractivity contribution >= 4 is 23.0 Å². The summed E-state index contributed by atoms with van der Waals surface area (Å²) in [5.41, 5.74) is 9.46. The zero-order chi connectivity index (χ0) is 9.84. The Kier molecular flexibility index (Phi) is 3.02. The summed E-state index contributed by atoms with van der Waals surface area (Å²) in [6.07, 6.45) is 1.62. The fourth-order valence-corrected chi connectivity index (χ4v) is 0.979. The minimum atomic E-state index is 0.142. The number of nitrogens with zero attached hydrogens (tertiary/aromatic N) is 1. The number of nitrogens with two attached hydrogens (primary N) is 1. The van der Waals surface area contributed by atoms with Crippen molar-refractivity contribution in [2.24, 2.45) is 10.8 Å². The largest absolute Gasteiger partial charge is 0.463 e. The standard InChI is InChI=1S/C8H11N3OS/c1-5-3-4-12-7(5)6(2)10-11-8(9)13/h3-4H,1-2H3,(H3,9,11,13)/b10-6-. The van der Waals surface area contributed by atoms with Crippen molar-refractivity contribution in [2.45, 2.75) is 13.8 Å². The summed E-state index contributed by atoms with van der Waals surface area (Å²) in [5, 5.41) is 4.08. The number of furan rings is 1. The van der Waals surface area contributed by atoms with E-state index in [1.807, 2.05) is 19.9 Å². The molecule has 0 radical (unpaired) electrons. The number of thiocarbonyl (C=S) groups is 1. The quantitative estimate of drug-likeness (QED) is 0.424. The average molecular weight is 197 g/mol. The smallest absolute Gasteiger partial charge is 0.184 e. The minimum Gasteiger partial charge on any atom is -0.463 e. The fourth-order valence-electron chi connectivity index (χ4n) is 0.933. The number of rotatable bonds is 2. The molecule has 1 rings (SSSR count). The Hall–Kier alpha value is -1.36. The van der Waals surface area contributed by atoms with Gasteiger partial charge in [0, 0.05) is 0 Å². The molecule has 0 aromatic carbocycles. The van der Waals surface area contributed by atoms with Gasteiger partial charge in [-0.1, -0.05) is 0 Å². The van der Waals surface area contributed by atoms with Crippen LogP contribution in [0.1, 0.15) is 18.2 Å². The van der Waals surface area contributed by atoms with Gasteiger partial charge in [0.15, 0.2) is 10.9 Å². The molecule has 70 valence electrons. The van der Waals surface area contributed by atoms with Gasteiger partial charge in [-0.3, -0.25) is 5.43 Å². The average Bonchev–Trinajstić information content (AvgIpc) is 2.47. The molecule has 0 fully saturated rings. The third-order valence-corrected chi connectivity index (χ3v) is 1.62. The second-order valence-electron chi connectivity index (χ2n) is 2.61. The van der Waals surface area contributed by atoms with E-state index in [0.717, 1.165) is 17.0 Å². The van der Waals surface area contributed by atoms with E-state index in [1.165, 1.54) is 0 Å². The van der Waals surface area contributed by atoms with Crippen LogP contribution in [0, 0.1) is 6.92 Å². The van der Waals surface area contributed by atoms with Crippen molar-refractivity contribution in [2.75, 3.05) is 0 Å². The van der Waals surface area contributed by atoms with E-state index in [0.29, 0.717) is 0 Å². The molecular weight excluding hydrogens is 186 g/mol. The lowest BCUT2D eigenvalue weighted by Gasteiger charge is -1.98. The van der Waals surface area contributed by atoms with Crippen LogP contribution in [0.3, 0.4) is 0 Å². The molecule has 13 heavy (non-hydrogen) atoms. The van der Waals surface area contributed by atoms with Gasteiger partial charge in [0.25, 0.3) is 0 Å². The van der Waals surface area contributed by atoms with Gasteiger partial charge in [-0.15, -0.1) is 0 Å². The van der Waals surface area contributed by atoms with Crippen LogP contribution >= 0.6 is 12.2 Å². The molecule has 5 heteroatoms. The Bertz CT molecular complexity index is 343. The first kappa shape index (κ1) is 9.73. The van der Waals surface area contributed by atoms with Crippen molar-refractivity contribution in [1.29, 1.82) is 0 Å². The number of aryl methyl sites for hydroxylation is 1. The minimum absolute atomic E-state index is 0.142. The molecule has 0 saturated carbocycles. The van der Waals surface area contributed by atoms with E-state index in [9.17, 15) is 0 Å². The van der Waals surface area contributed by atoms with Gasteiger partial charge in [-0.25, -0.2) is 0 Å². The lowest BCUT2D eigenvalue weighted by molar-refractivity contribution is 0.554. The molecule has 0 saturated heterocycles. The second-order valence-corrected chi connectivity index (χ2v) is 3.05. The van der Waals surface area contributed by atoms with Gasteiger partial charge >= 0.3 is 0 Å². The van der Waals surface area contributed by atoms with Crippen molar-refractivity contribution in [3.8, 4) is 0 Å². The van der Waals surface area contributed by atoms with Gasteiger partial charge in [0.05, 0.1) is 6.26 Å². The highest BCUT2D eigenvalue weighted by molar-refractivity contribution is 7.80. The maximum absolute atomic E-state index is 5.21. The van der Waals surface area contributed by atoms with Gasteiger partial charge in [0.2, 0.25) is 0 Å². The summed E-state index contributed by atoms with van der Waals surface area (Å²) < 4.78 is 5.20. The SMILES string of the molecule is C/C(=N/NC(N)=S)c1occc1C. The van der Waals surface area contributed by atoms with Gasteiger partial charge in [-0.2, -0.15) is 5.10 Å². The van der Waals surface area contributed by atoms with E-state index >= 15 is 0 Å². The molecule has 3 N–H and O–H groups in total. The van der Waals surface area contributed by atoms with E-state index in [4.69, 9.17) is 10.2 Å². The highest BCUT2D eigenvalue weighted by atomic mass is 32.1. The fraction of sp³-hybridized carbons (Fsp3) is 0.250. The van der Waals surface area contributed by atoms with Crippen LogP contribution in [0.2, 0.25) is 0 Å². The maximum atomic E-state index is 5.21. The lowest BCUT2D eigenvalue weighted by Crippen LogP contribution is -2.25. The Balaban J connectivity index is 2.78. The molecule has 0 amide bonds. The molecule has 4 nitrogen and oxygen atoms in total. The molecule has 1 aromatic heterocycles. The molecule has 0 spiro atoms. The van der Waals surface area contributed by atoms with Crippen LogP contribution in [-0.2, 0) is 0 Å². The van der Waals surface area contributed by atoms with Crippen LogP contribution in [0.4, 0.5) is 0 Å². The third-order valence-electron chi connectivity index (χ3n) is 1.52. The summed E-state index contributed by atoms with van der Waals surface area (Å²) in [5.74, 6) is 0.740. The van der Waals surface area contributed by atoms with E-state index in [2.05, 4.69) is 22.7 Å². The van der Waals surface area contributed by atoms with E-state index in [-0.39, 0.29) is 5.11 Å². The number of hydrogen-bond acceptors (Lipinski definition) is 3. The van der Waals surface area contributed by atoms with Gasteiger partial charge < -0.3 is 10.2 Å². The molecule has 0 bridgehead atoms. The molecule has 1 aromatic rings. The Morgan fingerprint density at radius 3 is 2.85 bits per heavy atom. The van der Waals surface area contributed by atoms with Crippen molar-refractivity contribution in [3.05, 3.63) is 23.7 Å². The monoisotopic (exact) mass is 197 g/mol. The summed E-state index contributed by atoms with van der Waals surface area (Å²) in [7, 11) is 0. The van der Waals surface area contributed by atoms with Crippen LogP contribution in [0.15, 0.2) is 21.8 Å². The molecule has 1 heterocycles. The molecule has 0 aliphatic carbocycles. The second kappa shape index (κ2) is 4.04. The van der Waals surface area contributed by atoms with Crippen LogP contribution in [0.25, 0.3) is 0 Å². The Labute approximate surface area is 81.8 Å². The third kappa shape index (κ3) is 2.55. The number of hydrazone groups is 1. The highest BCUT2D eigenvalue weighted by Crippen LogP contribution is 2.09. The van der Waals surface area contributed by atoms with Crippen molar-refractivity contribution in [3.63, 3.8) is 0 Å². The van der Waals surface area contributed by atoms with Crippen molar-refractivity contribution in [1.82, 2.24) is 5.43 Å². The summed E-state index contributed by atoms with van der Waals surface area (Å²) >= 11 is 4.61. The first-order valence-corrected chi connectivity index (χ1v) is 4.16. The molecule has 0 atom stereocenters. The molecule has 0 aliphatic rings. The number of hydrogen-bond donors (Lipinski definition) is 2. The highest BCUT2D eigenvalue weighted by Gasteiger charge is 2.04. The Morgan fingerprint density at radius 2 is 2.38 bits per heavy atom. The Morgan fingerprint density at radius 1 is 1.69 bits per heavy atom. The van der Waals surface area contributed by atoms with Crippen LogP contribution < -0.4 is 11.2 Å². The summed E-state index contributed by atoms with van der Waals surface area (Å²) in [6, 6.07) is 1.87. The van der Waals surface area contributed by atoms with Gasteiger partial charge in [-0.05, 0) is 37.7 Å². The zero-order valence-electron chi connectivity index (χ0n) is 7.50. The van der Waals surface area contributed by atoms with Crippen LogP contribution in [-0.4, -0.2) is 10.8 Å². The zero-order valence-corrected chi connectivity index (χ0v) is 8.31. The predicted octanol–water partition coefficient (Wildman–Crippen LogP) is 1.15. The maximum Gasteiger partial charge on any atom is 0.184 e. The predicted molar refractivity (Wildman–Crippen MR) is 55.6 cm³/mol. The number of nitrogens with one attached hydrogen (secondary N) is 1. The molecule has 0 unspecified atom stereocenters. The molecular formula is C8H11N3OS. The van der Waals surface area contributed by atoms with Gasteiger partial charge in [0.1, 0.15) is 5.71 Å². The van der Waals surface area contributed by atoms with E-state index in [1.54, 1.807) is 6.26 Å². The first-order valence-electron chi connectivity index (χ1n) is 3.75. The first-order chi connectivity index (χ1) is 6.11. The molecule has 0 aliphatic heterocycles.